The number of nitrogens with zero attached hydrogens (tertiary/aromatic N) is 2. The van der Waals surface area contributed by atoms with Crippen LogP contribution in [0.4, 0.5) is 5.82 Å². The van der Waals surface area contributed by atoms with Crippen LogP contribution in [0.2, 0.25) is 0 Å². The topological polar surface area (TPSA) is 48.7 Å². The number of hydrogen-bond acceptors (Lipinski definition) is 3. The van der Waals surface area contributed by atoms with E-state index in [-0.39, 0.29) is 5.54 Å². The van der Waals surface area contributed by atoms with Gasteiger partial charge in [0.05, 0.1) is 5.56 Å². The molecule has 2 rings (SSSR count). The normalized spacial score (nSPS) is 18.0. The largest absolute Gasteiger partial charge is 0.365 e. The molecule has 1 aliphatic carbocycles. The third-order valence-corrected chi connectivity index (χ3v) is 2.78. The van der Waals surface area contributed by atoms with E-state index in [0.717, 1.165) is 5.82 Å². The number of hydrogen-bond donors (Lipinski definition) is 1. The minimum Gasteiger partial charge on any atom is -0.365 e. The van der Waals surface area contributed by atoms with Gasteiger partial charge in [-0.15, -0.1) is 0 Å². The Kier molecular flexibility index (Phi) is 2.12. The molecule has 0 atom stereocenters. The van der Waals surface area contributed by atoms with E-state index in [9.17, 15) is 0 Å². The third-order valence-electron chi connectivity index (χ3n) is 2.78. The quantitative estimate of drug-likeness (QED) is 0.772. The minimum atomic E-state index is 0.223. The first-order valence-corrected chi connectivity index (χ1v) is 4.86. The summed E-state index contributed by atoms with van der Waals surface area (Å²) in [5.41, 5.74) is 0.829. The van der Waals surface area contributed by atoms with Gasteiger partial charge in [0.25, 0.3) is 0 Å². The Bertz CT molecular complexity index is 357. The summed E-state index contributed by atoms with van der Waals surface area (Å²) in [6.45, 7) is 2.20. The fraction of sp³-hybridized carbons (Fsp3) is 0.455. The Morgan fingerprint density at radius 2 is 2.29 bits per heavy atom. The van der Waals surface area contributed by atoms with Crippen molar-refractivity contribution < 1.29 is 0 Å². The van der Waals surface area contributed by atoms with Crippen LogP contribution in [0.5, 0.6) is 0 Å². The molecule has 1 aromatic heterocycles. The zero-order valence-electron chi connectivity index (χ0n) is 8.25. The van der Waals surface area contributed by atoms with E-state index in [0.29, 0.717) is 5.56 Å². The van der Waals surface area contributed by atoms with Crippen molar-refractivity contribution in [2.75, 3.05) is 5.32 Å². The monoisotopic (exact) mass is 187 g/mol. The van der Waals surface area contributed by atoms with E-state index in [1.807, 2.05) is 6.07 Å². The predicted molar refractivity (Wildman–Crippen MR) is 54.8 cm³/mol. The molecule has 14 heavy (non-hydrogen) atoms. The van der Waals surface area contributed by atoms with Crippen molar-refractivity contribution in [3.8, 4) is 6.07 Å². The fourth-order valence-corrected chi connectivity index (χ4v) is 1.68. The van der Waals surface area contributed by atoms with Gasteiger partial charge in [-0.05, 0) is 38.3 Å². The SMILES string of the molecule is CC1(Nc2ccc(C#N)cn2)CCC1. The van der Waals surface area contributed by atoms with Crippen LogP contribution in [0.15, 0.2) is 18.3 Å². The average molecular weight is 187 g/mol. The summed E-state index contributed by atoms with van der Waals surface area (Å²) in [5.74, 6) is 0.867. The molecular weight excluding hydrogens is 174 g/mol. The van der Waals surface area contributed by atoms with Gasteiger partial charge in [0.2, 0.25) is 0 Å². The third kappa shape index (κ3) is 1.69. The first kappa shape index (κ1) is 9.01. The van der Waals surface area contributed by atoms with Crippen LogP contribution in [0.3, 0.4) is 0 Å². The summed E-state index contributed by atoms with van der Waals surface area (Å²) in [7, 11) is 0. The van der Waals surface area contributed by atoms with Gasteiger partial charge in [0, 0.05) is 11.7 Å². The highest BCUT2D eigenvalue weighted by Gasteiger charge is 2.31. The molecule has 1 heterocycles. The summed E-state index contributed by atoms with van der Waals surface area (Å²) < 4.78 is 0. The zero-order valence-corrected chi connectivity index (χ0v) is 8.25. The van der Waals surface area contributed by atoms with Crippen molar-refractivity contribution in [2.24, 2.45) is 0 Å². The van der Waals surface area contributed by atoms with Crippen LogP contribution in [-0.2, 0) is 0 Å². The summed E-state index contributed by atoms with van der Waals surface area (Å²) in [6, 6.07) is 5.71. The van der Waals surface area contributed by atoms with Crippen molar-refractivity contribution in [3.63, 3.8) is 0 Å². The zero-order chi connectivity index (χ0) is 10.0. The van der Waals surface area contributed by atoms with Crippen molar-refractivity contribution in [3.05, 3.63) is 23.9 Å². The van der Waals surface area contributed by atoms with Crippen molar-refractivity contribution in [1.29, 1.82) is 5.26 Å². The van der Waals surface area contributed by atoms with Crippen LogP contribution in [-0.4, -0.2) is 10.5 Å². The van der Waals surface area contributed by atoms with Gasteiger partial charge in [-0.3, -0.25) is 0 Å². The van der Waals surface area contributed by atoms with Crippen molar-refractivity contribution >= 4 is 5.82 Å². The molecule has 0 radical (unpaired) electrons. The van der Waals surface area contributed by atoms with Crippen LogP contribution >= 0.6 is 0 Å². The van der Waals surface area contributed by atoms with Crippen LogP contribution < -0.4 is 5.32 Å². The molecule has 0 spiro atoms. The van der Waals surface area contributed by atoms with Gasteiger partial charge in [-0.2, -0.15) is 5.26 Å². The molecule has 3 heteroatoms. The van der Waals surface area contributed by atoms with E-state index in [1.165, 1.54) is 19.3 Å². The maximum absolute atomic E-state index is 8.61. The smallest absolute Gasteiger partial charge is 0.126 e. The van der Waals surface area contributed by atoms with E-state index < -0.39 is 0 Å². The Balaban J connectivity index is 2.07. The van der Waals surface area contributed by atoms with Gasteiger partial charge in [0.15, 0.2) is 0 Å². The second-order valence-electron chi connectivity index (χ2n) is 4.08. The van der Waals surface area contributed by atoms with Gasteiger partial charge in [-0.25, -0.2) is 4.98 Å². The highest BCUT2D eigenvalue weighted by atomic mass is 15.1. The fourth-order valence-electron chi connectivity index (χ4n) is 1.68. The molecule has 0 amide bonds. The molecule has 1 aliphatic rings. The molecule has 0 saturated heterocycles. The molecule has 1 saturated carbocycles. The average Bonchev–Trinajstić information content (AvgIpc) is 2.17. The Hall–Kier alpha value is -1.56. The van der Waals surface area contributed by atoms with Crippen LogP contribution in [0.25, 0.3) is 0 Å². The highest BCUT2D eigenvalue weighted by molar-refractivity contribution is 5.41. The molecule has 72 valence electrons. The molecule has 0 bridgehead atoms. The summed E-state index contributed by atoms with van der Waals surface area (Å²) in [6.07, 6.45) is 5.30. The highest BCUT2D eigenvalue weighted by Crippen LogP contribution is 2.33. The predicted octanol–water partition coefficient (Wildman–Crippen LogP) is 2.31. The Labute approximate surface area is 83.8 Å². The lowest BCUT2D eigenvalue weighted by molar-refractivity contribution is 0.306. The number of rotatable bonds is 2. The van der Waals surface area contributed by atoms with Gasteiger partial charge < -0.3 is 5.32 Å². The molecule has 0 aromatic carbocycles. The number of aromatic nitrogens is 1. The molecule has 1 aromatic rings. The second-order valence-corrected chi connectivity index (χ2v) is 4.08. The van der Waals surface area contributed by atoms with E-state index in [1.54, 1.807) is 12.3 Å². The van der Waals surface area contributed by atoms with Crippen LogP contribution in [0.1, 0.15) is 31.7 Å². The summed E-state index contributed by atoms with van der Waals surface area (Å²) >= 11 is 0. The lowest BCUT2D eigenvalue weighted by Gasteiger charge is -2.39. The lowest BCUT2D eigenvalue weighted by Crippen LogP contribution is -2.41. The van der Waals surface area contributed by atoms with Gasteiger partial charge in [-0.1, -0.05) is 0 Å². The molecule has 0 unspecified atom stereocenters. The number of nitriles is 1. The standard InChI is InChI=1S/C11H13N3/c1-11(5-2-6-11)14-10-4-3-9(7-12)8-13-10/h3-4,8H,2,5-6H2,1H3,(H,13,14). The molecule has 3 nitrogen and oxygen atoms in total. The van der Waals surface area contributed by atoms with E-state index >= 15 is 0 Å². The van der Waals surface area contributed by atoms with Gasteiger partial charge in [0.1, 0.15) is 11.9 Å². The Morgan fingerprint density at radius 3 is 2.71 bits per heavy atom. The number of anilines is 1. The first-order valence-electron chi connectivity index (χ1n) is 4.86. The van der Waals surface area contributed by atoms with Gasteiger partial charge >= 0.3 is 0 Å². The molecule has 1 fully saturated rings. The number of nitrogens with one attached hydrogen (secondary N) is 1. The minimum absolute atomic E-state index is 0.223. The maximum atomic E-state index is 8.61. The Morgan fingerprint density at radius 1 is 1.50 bits per heavy atom. The summed E-state index contributed by atoms with van der Waals surface area (Å²) in [5, 5.41) is 12.0. The number of pyridine rings is 1. The first-order chi connectivity index (χ1) is 6.72. The van der Waals surface area contributed by atoms with E-state index in [4.69, 9.17) is 5.26 Å². The lowest BCUT2D eigenvalue weighted by atomic mass is 9.78. The maximum Gasteiger partial charge on any atom is 0.126 e. The second kappa shape index (κ2) is 3.30. The molecule has 1 N–H and O–H groups in total. The summed E-state index contributed by atoms with van der Waals surface area (Å²) in [4.78, 5) is 4.18. The van der Waals surface area contributed by atoms with Crippen LogP contribution in [0, 0.1) is 11.3 Å². The molecular formula is C11H13N3. The van der Waals surface area contributed by atoms with Crippen molar-refractivity contribution in [2.45, 2.75) is 31.7 Å². The van der Waals surface area contributed by atoms with Crippen molar-refractivity contribution in [1.82, 2.24) is 4.98 Å². The van der Waals surface area contributed by atoms with E-state index in [2.05, 4.69) is 23.3 Å². The molecule has 0 aliphatic heterocycles.